The lowest BCUT2D eigenvalue weighted by atomic mass is 9.98. The number of amides is 1. The zero-order valence-corrected chi connectivity index (χ0v) is 15.6. The van der Waals surface area contributed by atoms with Crippen molar-refractivity contribution in [3.8, 4) is 16.8 Å². The smallest absolute Gasteiger partial charge is 0.231 e. The highest BCUT2D eigenvalue weighted by molar-refractivity contribution is 7.99. The molecular formula is C17H19N5OS2. The van der Waals surface area contributed by atoms with Crippen molar-refractivity contribution in [3.05, 3.63) is 17.5 Å². The summed E-state index contributed by atoms with van der Waals surface area (Å²) in [5.41, 5.74) is -0.746. The summed E-state index contributed by atoms with van der Waals surface area (Å²) < 4.78 is 2.16. The standard InChI is InChI=1S/C17H19N5OS2/c1-17(10-18,11-4-5-11)19-14(23)9-25-16-21-20-15(13-3-2-8-24-13)22(16)12-6-7-12/h2-3,8,11-12H,4-7,9H2,1H3,(H,19,23)/t17-/m1/s1. The maximum Gasteiger partial charge on any atom is 0.231 e. The lowest BCUT2D eigenvalue weighted by Gasteiger charge is -2.22. The Bertz CT molecular complexity index is 817. The quantitative estimate of drug-likeness (QED) is 0.753. The predicted octanol–water partition coefficient (Wildman–Crippen LogP) is 3.24. The van der Waals surface area contributed by atoms with E-state index in [1.807, 2.05) is 24.4 Å². The van der Waals surface area contributed by atoms with Crippen molar-refractivity contribution in [3.63, 3.8) is 0 Å². The fraction of sp³-hybridized carbons (Fsp3) is 0.529. The van der Waals surface area contributed by atoms with Gasteiger partial charge in [0.05, 0.1) is 16.7 Å². The minimum Gasteiger partial charge on any atom is -0.337 e. The molecule has 1 N–H and O–H groups in total. The molecule has 8 heteroatoms. The van der Waals surface area contributed by atoms with Crippen LogP contribution in [0.3, 0.4) is 0 Å². The SMILES string of the molecule is C[C@](C#N)(NC(=O)CSc1nnc(-c2cccs2)n1C1CC1)C1CC1. The zero-order valence-electron chi connectivity index (χ0n) is 13.9. The van der Waals surface area contributed by atoms with E-state index in [1.54, 1.807) is 11.3 Å². The molecule has 2 aliphatic carbocycles. The van der Waals surface area contributed by atoms with Crippen LogP contribution in [-0.2, 0) is 4.79 Å². The number of carbonyl (C=O) groups is 1. The summed E-state index contributed by atoms with van der Waals surface area (Å²) in [6.45, 7) is 1.81. The summed E-state index contributed by atoms with van der Waals surface area (Å²) >= 11 is 3.04. The van der Waals surface area contributed by atoms with Crippen molar-refractivity contribution in [2.45, 2.75) is 49.3 Å². The van der Waals surface area contributed by atoms with Gasteiger partial charge in [-0.2, -0.15) is 5.26 Å². The second-order valence-electron chi connectivity index (χ2n) is 6.81. The van der Waals surface area contributed by atoms with E-state index in [1.165, 1.54) is 11.8 Å². The summed E-state index contributed by atoms with van der Waals surface area (Å²) in [5, 5.41) is 23.7. The van der Waals surface area contributed by atoms with E-state index in [0.717, 1.165) is 41.5 Å². The average molecular weight is 374 g/mol. The number of aromatic nitrogens is 3. The number of nitrogens with one attached hydrogen (secondary N) is 1. The molecular weight excluding hydrogens is 354 g/mol. The molecule has 0 unspecified atom stereocenters. The van der Waals surface area contributed by atoms with Gasteiger partial charge in [-0.25, -0.2) is 0 Å². The van der Waals surface area contributed by atoms with Gasteiger partial charge in [0.25, 0.3) is 0 Å². The molecule has 4 rings (SSSR count). The highest BCUT2D eigenvalue weighted by Gasteiger charge is 2.43. The molecule has 2 aromatic rings. The van der Waals surface area contributed by atoms with Crippen molar-refractivity contribution < 1.29 is 4.79 Å². The Labute approximate surface area is 154 Å². The van der Waals surface area contributed by atoms with Gasteiger partial charge in [0.1, 0.15) is 5.54 Å². The van der Waals surface area contributed by atoms with Crippen molar-refractivity contribution in [1.82, 2.24) is 20.1 Å². The highest BCUT2D eigenvalue weighted by Crippen LogP contribution is 2.42. The van der Waals surface area contributed by atoms with Crippen LogP contribution < -0.4 is 5.32 Å². The second-order valence-corrected chi connectivity index (χ2v) is 8.70. The van der Waals surface area contributed by atoms with Crippen LogP contribution in [0.4, 0.5) is 0 Å². The molecule has 1 amide bonds. The topological polar surface area (TPSA) is 83.6 Å². The number of thioether (sulfide) groups is 1. The molecule has 25 heavy (non-hydrogen) atoms. The Hall–Kier alpha value is -1.85. The molecule has 1 atom stereocenters. The van der Waals surface area contributed by atoms with Crippen molar-refractivity contribution in [2.24, 2.45) is 5.92 Å². The zero-order chi connectivity index (χ0) is 17.4. The molecule has 0 spiro atoms. The molecule has 2 fully saturated rings. The number of rotatable bonds is 7. The van der Waals surface area contributed by atoms with Gasteiger partial charge in [-0.1, -0.05) is 17.8 Å². The van der Waals surface area contributed by atoms with Crippen LogP contribution in [0.15, 0.2) is 22.7 Å². The van der Waals surface area contributed by atoms with Crippen LogP contribution in [-0.4, -0.2) is 32.0 Å². The van der Waals surface area contributed by atoms with Gasteiger partial charge < -0.3 is 5.32 Å². The molecule has 130 valence electrons. The first-order valence-corrected chi connectivity index (χ1v) is 10.3. The summed E-state index contributed by atoms with van der Waals surface area (Å²) in [6.07, 6.45) is 4.28. The van der Waals surface area contributed by atoms with Crippen LogP contribution in [0.1, 0.15) is 38.6 Å². The van der Waals surface area contributed by atoms with Crippen molar-refractivity contribution in [1.29, 1.82) is 5.26 Å². The average Bonchev–Trinajstić information content (AvgIpc) is 3.53. The largest absolute Gasteiger partial charge is 0.337 e. The van der Waals surface area contributed by atoms with Gasteiger partial charge in [-0.3, -0.25) is 9.36 Å². The van der Waals surface area contributed by atoms with Crippen LogP contribution in [0.25, 0.3) is 10.7 Å². The third-order valence-corrected chi connectivity index (χ3v) is 6.48. The Morgan fingerprint density at radius 1 is 1.48 bits per heavy atom. The number of hydrogen-bond donors (Lipinski definition) is 1. The summed E-state index contributed by atoms with van der Waals surface area (Å²) in [6, 6.07) is 6.75. The minimum absolute atomic E-state index is 0.121. The lowest BCUT2D eigenvalue weighted by molar-refractivity contribution is -0.119. The third-order valence-electron chi connectivity index (χ3n) is 4.68. The van der Waals surface area contributed by atoms with Gasteiger partial charge in [0, 0.05) is 6.04 Å². The van der Waals surface area contributed by atoms with Crippen LogP contribution in [0.2, 0.25) is 0 Å². The summed E-state index contributed by atoms with van der Waals surface area (Å²) in [4.78, 5) is 13.4. The van der Waals surface area contributed by atoms with Crippen LogP contribution in [0.5, 0.6) is 0 Å². The van der Waals surface area contributed by atoms with Gasteiger partial charge in [-0.05, 0) is 50.0 Å². The first-order valence-electron chi connectivity index (χ1n) is 8.44. The maximum absolute atomic E-state index is 12.3. The van der Waals surface area contributed by atoms with E-state index in [-0.39, 0.29) is 17.6 Å². The molecule has 0 radical (unpaired) electrons. The normalized spacial score (nSPS) is 19.2. The molecule has 2 heterocycles. The fourth-order valence-electron chi connectivity index (χ4n) is 2.95. The Morgan fingerprint density at radius 2 is 2.28 bits per heavy atom. The van der Waals surface area contributed by atoms with E-state index in [4.69, 9.17) is 0 Å². The van der Waals surface area contributed by atoms with Crippen LogP contribution in [0, 0.1) is 17.2 Å². The van der Waals surface area contributed by atoms with E-state index < -0.39 is 5.54 Å². The van der Waals surface area contributed by atoms with Gasteiger partial charge in [0.15, 0.2) is 11.0 Å². The lowest BCUT2D eigenvalue weighted by Crippen LogP contribution is -2.47. The molecule has 0 aromatic carbocycles. The number of carbonyl (C=O) groups excluding carboxylic acids is 1. The summed E-state index contributed by atoms with van der Waals surface area (Å²) in [5.74, 6) is 1.30. The highest BCUT2D eigenvalue weighted by atomic mass is 32.2. The number of nitrogens with zero attached hydrogens (tertiary/aromatic N) is 4. The number of nitriles is 1. The fourth-order valence-corrected chi connectivity index (χ4v) is 4.46. The molecule has 0 aliphatic heterocycles. The first kappa shape index (κ1) is 16.6. The Kier molecular flexibility index (Phi) is 4.29. The third kappa shape index (κ3) is 3.44. The minimum atomic E-state index is -0.746. The first-order chi connectivity index (χ1) is 12.1. The molecule has 0 bridgehead atoms. The Morgan fingerprint density at radius 3 is 2.88 bits per heavy atom. The summed E-state index contributed by atoms with van der Waals surface area (Å²) in [7, 11) is 0. The van der Waals surface area contributed by atoms with E-state index >= 15 is 0 Å². The van der Waals surface area contributed by atoms with Crippen molar-refractivity contribution >= 4 is 29.0 Å². The molecule has 2 aromatic heterocycles. The van der Waals surface area contributed by atoms with Crippen molar-refractivity contribution in [2.75, 3.05) is 5.75 Å². The van der Waals surface area contributed by atoms with Gasteiger partial charge in [0.2, 0.25) is 5.91 Å². The molecule has 2 saturated carbocycles. The maximum atomic E-state index is 12.3. The predicted molar refractivity (Wildman–Crippen MR) is 97.2 cm³/mol. The molecule has 2 aliphatic rings. The van der Waals surface area contributed by atoms with Gasteiger partial charge >= 0.3 is 0 Å². The van der Waals surface area contributed by atoms with E-state index in [0.29, 0.717) is 6.04 Å². The van der Waals surface area contributed by atoms with E-state index in [9.17, 15) is 10.1 Å². The van der Waals surface area contributed by atoms with Gasteiger partial charge in [-0.15, -0.1) is 21.5 Å². The second kappa shape index (κ2) is 6.46. The molecule has 6 nitrogen and oxygen atoms in total. The molecule has 0 saturated heterocycles. The number of thiophene rings is 1. The monoisotopic (exact) mass is 373 g/mol. The van der Waals surface area contributed by atoms with E-state index in [2.05, 4.69) is 26.2 Å². The Balaban J connectivity index is 1.45. The van der Waals surface area contributed by atoms with Crippen LogP contribution >= 0.6 is 23.1 Å². The number of hydrogen-bond acceptors (Lipinski definition) is 6.